The molecule has 1 heterocycles. The number of ether oxygens (including phenoxy) is 2. The van der Waals surface area contributed by atoms with Gasteiger partial charge in [0.2, 0.25) is 0 Å². The quantitative estimate of drug-likeness (QED) is 0.144. The van der Waals surface area contributed by atoms with E-state index in [4.69, 9.17) is 10.8 Å². The van der Waals surface area contributed by atoms with Gasteiger partial charge in [-0.2, -0.15) is 0 Å². The molecule has 0 radical (unpaired) electrons. The molecule has 198 valence electrons. The van der Waals surface area contributed by atoms with Crippen molar-refractivity contribution in [3.8, 4) is 0 Å². The first kappa shape index (κ1) is 27.7. The van der Waals surface area contributed by atoms with Crippen LogP contribution in [0, 0.1) is 5.92 Å². The predicted molar refractivity (Wildman–Crippen MR) is 143 cm³/mol. The number of carbonyl (C=O) groups is 2. The molecule has 4 heteroatoms. The maximum Gasteiger partial charge on any atom is 0.338 e. The monoisotopic (exact) mass is 487 g/mol. The van der Waals surface area contributed by atoms with Crippen LogP contribution in [-0.2, 0) is 14.3 Å². The Kier molecular flexibility index (Phi) is 14.6. The van der Waals surface area contributed by atoms with Crippen LogP contribution in [-0.4, -0.2) is 24.1 Å². The van der Waals surface area contributed by atoms with Gasteiger partial charge in [-0.05, 0) is 31.4 Å². The maximum atomic E-state index is 12.6. The fraction of sp³-hybridized carbons (Fsp3) is 0.742. The van der Waals surface area contributed by atoms with Crippen molar-refractivity contribution in [2.75, 3.05) is 0 Å². The zero-order chi connectivity index (χ0) is 26.0. The summed E-state index contributed by atoms with van der Waals surface area (Å²) >= 11 is 0. The van der Waals surface area contributed by atoms with Crippen LogP contribution in [0.1, 0.15) is 141 Å². The molecule has 1 aromatic carbocycles. The number of esters is 2. The topological polar surface area (TPSA) is 52.6 Å². The molecule has 0 bridgehead atoms. The van der Waals surface area contributed by atoms with E-state index in [1.54, 1.807) is 24.3 Å². The Bertz CT molecular complexity index is 723. The molecule has 4 nitrogen and oxygen atoms in total. The normalized spacial score (nSPS) is 21.3. The van der Waals surface area contributed by atoms with E-state index in [1.165, 1.54) is 77.0 Å². The van der Waals surface area contributed by atoms with E-state index in [1.807, 2.05) is 13.0 Å². The SMILES string of the molecule is [2H]C(CCCCCCCCCCCCCCCC)C1CC(OC(=O)c2ccccc2)C(CC)C(=O)O1. The van der Waals surface area contributed by atoms with Gasteiger partial charge < -0.3 is 9.47 Å². The van der Waals surface area contributed by atoms with Crippen molar-refractivity contribution in [3.63, 3.8) is 0 Å². The second-order valence-electron chi connectivity index (χ2n) is 10.2. The van der Waals surface area contributed by atoms with Gasteiger partial charge in [-0.3, -0.25) is 4.79 Å². The molecule has 4 unspecified atom stereocenters. The summed E-state index contributed by atoms with van der Waals surface area (Å²) < 4.78 is 19.9. The van der Waals surface area contributed by atoms with Crippen LogP contribution in [0.3, 0.4) is 0 Å². The molecule has 1 aliphatic heterocycles. The minimum absolute atomic E-state index is 0.335. The maximum absolute atomic E-state index is 12.6. The Morgan fingerprint density at radius 2 is 1.37 bits per heavy atom. The lowest BCUT2D eigenvalue weighted by Gasteiger charge is -2.34. The second-order valence-corrected chi connectivity index (χ2v) is 10.2. The number of hydrogen-bond donors (Lipinski definition) is 0. The number of rotatable bonds is 19. The van der Waals surface area contributed by atoms with Crippen LogP contribution < -0.4 is 0 Å². The summed E-state index contributed by atoms with van der Waals surface area (Å²) in [6.45, 7) is 4.17. The van der Waals surface area contributed by atoms with E-state index in [0.717, 1.165) is 12.8 Å². The Morgan fingerprint density at radius 3 is 1.89 bits per heavy atom. The summed E-state index contributed by atoms with van der Waals surface area (Å²) in [4.78, 5) is 25.1. The van der Waals surface area contributed by atoms with Gasteiger partial charge in [-0.15, -0.1) is 0 Å². The lowest BCUT2D eigenvalue weighted by atomic mass is 9.90. The van der Waals surface area contributed by atoms with Crippen molar-refractivity contribution in [3.05, 3.63) is 35.9 Å². The van der Waals surface area contributed by atoms with Crippen LogP contribution >= 0.6 is 0 Å². The van der Waals surface area contributed by atoms with Crippen LogP contribution in [0.4, 0.5) is 0 Å². The molecule has 0 saturated carbocycles. The molecule has 1 aromatic rings. The standard InChI is InChI=1S/C31H50O4/c1-3-5-6-7-8-9-10-11-12-13-14-15-16-17-21-24-27-25-29(28(4-2)31(33)34-27)35-30(32)26-22-19-18-20-23-26/h18-20,22-23,27-29H,3-17,21,24-25H2,1-2H3/i24D. The lowest BCUT2D eigenvalue weighted by Crippen LogP contribution is -2.43. The van der Waals surface area contributed by atoms with Crippen LogP contribution in [0.5, 0.6) is 0 Å². The second kappa shape index (κ2) is 18.4. The van der Waals surface area contributed by atoms with Crippen LogP contribution in [0.25, 0.3) is 0 Å². The summed E-state index contributed by atoms with van der Waals surface area (Å²) in [6, 6.07) is 8.86. The largest absolute Gasteiger partial charge is 0.462 e. The van der Waals surface area contributed by atoms with Gasteiger partial charge in [-0.25, -0.2) is 4.79 Å². The van der Waals surface area contributed by atoms with E-state index in [0.29, 0.717) is 24.8 Å². The highest BCUT2D eigenvalue weighted by molar-refractivity contribution is 5.89. The first-order chi connectivity index (χ1) is 17.6. The van der Waals surface area contributed by atoms with Gasteiger partial charge in [0.25, 0.3) is 0 Å². The average Bonchev–Trinajstić information content (AvgIpc) is 2.89. The van der Waals surface area contributed by atoms with Crippen molar-refractivity contribution >= 4 is 11.9 Å². The third kappa shape index (κ3) is 12.1. The van der Waals surface area contributed by atoms with Crippen LogP contribution in [0.15, 0.2) is 30.3 Å². The Balaban J connectivity index is 1.59. The fourth-order valence-electron chi connectivity index (χ4n) is 4.96. The van der Waals surface area contributed by atoms with Gasteiger partial charge in [0.15, 0.2) is 0 Å². The van der Waals surface area contributed by atoms with Gasteiger partial charge in [-0.1, -0.05) is 122 Å². The van der Waals surface area contributed by atoms with Crippen molar-refractivity contribution in [1.82, 2.24) is 0 Å². The molecule has 2 rings (SSSR count). The molecule has 0 amide bonds. The Hall–Kier alpha value is -1.84. The molecule has 35 heavy (non-hydrogen) atoms. The van der Waals surface area contributed by atoms with E-state index in [9.17, 15) is 9.59 Å². The predicted octanol–water partition coefficient (Wildman–Crippen LogP) is 8.82. The minimum Gasteiger partial charge on any atom is -0.462 e. The van der Waals surface area contributed by atoms with Gasteiger partial charge in [0.05, 0.1) is 11.5 Å². The number of unbranched alkanes of at least 4 members (excludes halogenated alkanes) is 13. The van der Waals surface area contributed by atoms with Crippen molar-refractivity contribution in [2.24, 2.45) is 5.92 Å². The van der Waals surface area contributed by atoms with Crippen molar-refractivity contribution in [1.29, 1.82) is 0 Å². The van der Waals surface area contributed by atoms with E-state index in [2.05, 4.69) is 6.92 Å². The molecular formula is C31H50O4. The van der Waals surface area contributed by atoms with Crippen molar-refractivity contribution < 1.29 is 20.4 Å². The van der Waals surface area contributed by atoms with Crippen LogP contribution in [0.2, 0.25) is 0 Å². The molecule has 0 spiro atoms. The zero-order valence-electron chi connectivity index (χ0n) is 23.3. The first-order valence-electron chi connectivity index (χ1n) is 15.0. The number of carbonyl (C=O) groups excluding carboxylic acids is 2. The summed E-state index contributed by atoms with van der Waals surface area (Å²) in [5.41, 5.74) is 0.479. The Labute approximate surface area is 216 Å². The molecular weight excluding hydrogens is 436 g/mol. The molecule has 1 saturated heterocycles. The molecule has 1 aliphatic rings. The Morgan fingerprint density at radius 1 is 0.857 bits per heavy atom. The summed E-state index contributed by atoms with van der Waals surface area (Å²) in [5.74, 6) is -1.21. The van der Waals surface area contributed by atoms with E-state index in [-0.39, 0.29) is 5.97 Å². The summed E-state index contributed by atoms with van der Waals surface area (Å²) in [6.07, 6.45) is 18.5. The van der Waals surface area contributed by atoms with Gasteiger partial charge in [0.1, 0.15) is 12.2 Å². The molecule has 1 fully saturated rings. The number of cyclic esters (lactones) is 1. The summed E-state index contributed by atoms with van der Waals surface area (Å²) in [7, 11) is 0. The third-order valence-corrected chi connectivity index (χ3v) is 7.18. The van der Waals surface area contributed by atoms with Crippen molar-refractivity contribution in [2.45, 2.75) is 142 Å². The minimum atomic E-state index is -0.529. The third-order valence-electron chi connectivity index (χ3n) is 7.18. The van der Waals surface area contributed by atoms with Gasteiger partial charge in [0, 0.05) is 7.79 Å². The summed E-state index contributed by atoms with van der Waals surface area (Å²) in [5, 5.41) is 0. The molecule has 4 atom stereocenters. The van der Waals surface area contributed by atoms with E-state index < -0.39 is 30.5 Å². The lowest BCUT2D eigenvalue weighted by molar-refractivity contribution is -0.170. The first-order valence-corrected chi connectivity index (χ1v) is 14.5. The van der Waals surface area contributed by atoms with E-state index >= 15 is 0 Å². The molecule has 0 N–H and O–H groups in total. The molecule has 0 aromatic heterocycles. The number of benzene rings is 1. The fourth-order valence-corrected chi connectivity index (χ4v) is 4.96. The highest BCUT2D eigenvalue weighted by Gasteiger charge is 2.39. The highest BCUT2D eigenvalue weighted by Crippen LogP contribution is 2.29. The average molecular weight is 488 g/mol. The zero-order valence-corrected chi connectivity index (χ0v) is 22.3. The smallest absolute Gasteiger partial charge is 0.338 e. The molecule has 0 aliphatic carbocycles. The number of hydrogen-bond acceptors (Lipinski definition) is 4. The highest BCUT2D eigenvalue weighted by atomic mass is 16.6. The van der Waals surface area contributed by atoms with Gasteiger partial charge >= 0.3 is 11.9 Å².